The fourth-order valence-electron chi connectivity index (χ4n) is 1.99. The number of hydrogen-bond acceptors (Lipinski definition) is 6. The van der Waals surface area contributed by atoms with Gasteiger partial charge in [0.15, 0.2) is 0 Å². The van der Waals surface area contributed by atoms with Crippen LogP contribution in [0.25, 0.3) is 0 Å². The van der Waals surface area contributed by atoms with Crippen molar-refractivity contribution in [3.63, 3.8) is 0 Å². The molecule has 0 aliphatic carbocycles. The number of aromatic nitrogens is 3. The standard InChI is InChI=1S/C17H21N5O4/c1-2-3-10-26-13-6-4-12(5-7-13)11-18-21-15(23)9-8-14-16(24)19-17(25)22-20-14/h4-7,11H,2-3,8-10H2,1H3,(H,21,23)(H2,19,22,24,25)/b18-11+. The van der Waals surface area contributed by atoms with Crippen LogP contribution in [0.3, 0.4) is 0 Å². The molecule has 1 aromatic heterocycles. The van der Waals surface area contributed by atoms with Crippen LogP contribution >= 0.6 is 0 Å². The van der Waals surface area contributed by atoms with Crippen LogP contribution < -0.4 is 21.4 Å². The topological polar surface area (TPSA) is 129 Å². The molecule has 9 heteroatoms. The number of aromatic amines is 2. The number of unbranched alkanes of at least 4 members (excludes halogenated alkanes) is 1. The minimum absolute atomic E-state index is 0.0175. The largest absolute Gasteiger partial charge is 0.494 e. The molecule has 0 aliphatic rings. The zero-order valence-corrected chi connectivity index (χ0v) is 14.4. The number of aryl methyl sites for hydroxylation is 1. The summed E-state index contributed by atoms with van der Waals surface area (Å²) in [6.45, 7) is 2.79. The van der Waals surface area contributed by atoms with Crippen LogP contribution in [0.1, 0.15) is 37.4 Å². The van der Waals surface area contributed by atoms with Gasteiger partial charge < -0.3 is 4.74 Å². The van der Waals surface area contributed by atoms with Crippen LogP contribution in [0.2, 0.25) is 0 Å². The predicted octanol–water partition coefficient (Wildman–Crippen LogP) is 0.720. The van der Waals surface area contributed by atoms with Gasteiger partial charge in [0.05, 0.1) is 12.8 Å². The summed E-state index contributed by atoms with van der Waals surface area (Å²) in [6.07, 6.45) is 3.71. The summed E-state index contributed by atoms with van der Waals surface area (Å²) in [5, 5.41) is 9.58. The molecule has 0 atom stereocenters. The number of rotatable bonds is 9. The van der Waals surface area contributed by atoms with Gasteiger partial charge in [-0.3, -0.25) is 14.6 Å². The number of hydrogen-bond donors (Lipinski definition) is 3. The molecule has 26 heavy (non-hydrogen) atoms. The molecular weight excluding hydrogens is 338 g/mol. The molecule has 0 saturated heterocycles. The van der Waals surface area contributed by atoms with Crippen LogP contribution in [-0.2, 0) is 11.2 Å². The molecule has 1 heterocycles. The second-order valence-corrected chi connectivity index (χ2v) is 5.52. The van der Waals surface area contributed by atoms with Crippen molar-refractivity contribution in [2.45, 2.75) is 32.6 Å². The zero-order valence-electron chi connectivity index (χ0n) is 14.4. The van der Waals surface area contributed by atoms with Gasteiger partial charge in [0.2, 0.25) is 5.91 Å². The lowest BCUT2D eigenvalue weighted by atomic mass is 10.2. The maximum absolute atomic E-state index is 11.7. The smallest absolute Gasteiger partial charge is 0.342 e. The molecule has 1 aromatic carbocycles. The molecule has 0 spiro atoms. The number of ether oxygens (including phenoxy) is 1. The van der Waals surface area contributed by atoms with Crippen LogP contribution in [0, 0.1) is 0 Å². The van der Waals surface area contributed by atoms with E-state index in [1.165, 1.54) is 6.21 Å². The predicted molar refractivity (Wildman–Crippen MR) is 96.4 cm³/mol. The molecule has 1 amide bonds. The SMILES string of the molecule is CCCCOc1ccc(/C=N/NC(=O)CCc2n[nH]c(=O)[nH]c2=O)cc1. The van der Waals surface area contributed by atoms with Gasteiger partial charge >= 0.3 is 5.69 Å². The van der Waals surface area contributed by atoms with E-state index in [4.69, 9.17) is 4.74 Å². The molecule has 0 radical (unpaired) electrons. The second kappa shape index (κ2) is 9.92. The van der Waals surface area contributed by atoms with Gasteiger partial charge in [0.25, 0.3) is 5.56 Å². The third-order valence-electron chi connectivity index (χ3n) is 3.42. The number of H-pyrrole nitrogens is 2. The summed E-state index contributed by atoms with van der Waals surface area (Å²) in [5.74, 6) is 0.423. The van der Waals surface area contributed by atoms with Gasteiger partial charge in [-0.25, -0.2) is 15.3 Å². The molecule has 0 bridgehead atoms. The maximum atomic E-state index is 11.7. The van der Waals surface area contributed by atoms with Gasteiger partial charge in [-0.15, -0.1) is 0 Å². The summed E-state index contributed by atoms with van der Waals surface area (Å²) < 4.78 is 5.56. The van der Waals surface area contributed by atoms with Gasteiger partial charge in [0.1, 0.15) is 11.4 Å². The van der Waals surface area contributed by atoms with Crippen molar-refractivity contribution in [2.24, 2.45) is 5.10 Å². The lowest BCUT2D eigenvalue weighted by Gasteiger charge is -2.04. The van der Waals surface area contributed by atoms with E-state index in [2.05, 4.69) is 27.6 Å². The van der Waals surface area contributed by atoms with Crippen LogP contribution in [-0.4, -0.2) is 33.9 Å². The highest BCUT2D eigenvalue weighted by Crippen LogP contribution is 2.11. The molecule has 0 saturated carbocycles. The molecule has 3 N–H and O–H groups in total. The summed E-state index contributed by atoms with van der Waals surface area (Å²) in [7, 11) is 0. The van der Waals surface area contributed by atoms with E-state index in [1.807, 2.05) is 29.2 Å². The van der Waals surface area contributed by atoms with Crippen LogP contribution in [0.15, 0.2) is 39.0 Å². The first-order valence-corrected chi connectivity index (χ1v) is 8.31. The summed E-state index contributed by atoms with van der Waals surface area (Å²) in [5.41, 5.74) is 1.98. The highest BCUT2D eigenvalue weighted by atomic mass is 16.5. The normalized spacial score (nSPS) is 10.8. The lowest BCUT2D eigenvalue weighted by molar-refractivity contribution is -0.121. The van der Waals surface area contributed by atoms with E-state index in [0.717, 1.165) is 24.2 Å². The molecule has 9 nitrogen and oxygen atoms in total. The zero-order chi connectivity index (χ0) is 18.8. The fraction of sp³-hybridized carbons (Fsp3) is 0.353. The van der Waals surface area contributed by atoms with Gasteiger partial charge in [0, 0.05) is 12.8 Å². The Bertz CT molecular complexity index is 854. The monoisotopic (exact) mass is 359 g/mol. The molecule has 2 aromatic rings. The third kappa shape index (κ3) is 6.34. The Hall–Kier alpha value is -3.23. The van der Waals surface area contributed by atoms with E-state index < -0.39 is 11.2 Å². The Morgan fingerprint density at radius 1 is 1.31 bits per heavy atom. The highest BCUT2D eigenvalue weighted by Gasteiger charge is 2.06. The number of amides is 1. The Balaban J connectivity index is 1.77. The van der Waals surface area contributed by atoms with Gasteiger partial charge in [-0.05, 0) is 36.2 Å². The number of hydrazone groups is 1. The summed E-state index contributed by atoms with van der Waals surface area (Å²) in [4.78, 5) is 36.1. The minimum atomic E-state index is -0.686. The molecule has 0 fully saturated rings. The van der Waals surface area contributed by atoms with E-state index in [1.54, 1.807) is 0 Å². The van der Waals surface area contributed by atoms with Crippen molar-refractivity contribution in [2.75, 3.05) is 6.61 Å². The first-order chi connectivity index (χ1) is 12.6. The summed E-state index contributed by atoms with van der Waals surface area (Å²) >= 11 is 0. The Labute approximate surface area is 149 Å². The lowest BCUT2D eigenvalue weighted by Crippen LogP contribution is -2.28. The van der Waals surface area contributed by atoms with Gasteiger partial charge in [-0.2, -0.15) is 10.2 Å². The van der Waals surface area contributed by atoms with Gasteiger partial charge in [-0.1, -0.05) is 13.3 Å². The van der Waals surface area contributed by atoms with E-state index in [0.29, 0.717) is 6.61 Å². The molecule has 0 unspecified atom stereocenters. The Kier molecular flexibility index (Phi) is 7.29. The van der Waals surface area contributed by atoms with Crippen molar-refractivity contribution < 1.29 is 9.53 Å². The number of nitrogens with zero attached hydrogens (tertiary/aromatic N) is 2. The van der Waals surface area contributed by atoms with Crippen molar-refractivity contribution in [1.82, 2.24) is 20.6 Å². The average molecular weight is 359 g/mol. The summed E-state index contributed by atoms with van der Waals surface area (Å²) in [6, 6.07) is 7.35. The number of benzene rings is 1. The van der Waals surface area contributed by atoms with Crippen molar-refractivity contribution >= 4 is 12.1 Å². The second-order valence-electron chi connectivity index (χ2n) is 5.52. The molecule has 2 rings (SSSR count). The fourth-order valence-corrected chi connectivity index (χ4v) is 1.99. The van der Waals surface area contributed by atoms with Crippen molar-refractivity contribution in [1.29, 1.82) is 0 Å². The van der Waals surface area contributed by atoms with E-state index in [-0.39, 0.29) is 24.4 Å². The Morgan fingerprint density at radius 3 is 2.77 bits per heavy atom. The van der Waals surface area contributed by atoms with Crippen molar-refractivity contribution in [3.8, 4) is 5.75 Å². The maximum Gasteiger partial charge on any atom is 0.342 e. The molecule has 0 aliphatic heterocycles. The highest BCUT2D eigenvalue weighted by molar-refractivity contribution is 5.82. The quantitative estimate of drug-likeness (QED) is 0.345. The third-order valence-corrected chi connectivity index (χ3v) is 3.42. The molecular formula is C17H21N5O4. The Morgan fingerprint density at radius 2 is 2.08 bits per heavy atom. The number of carbonyl (C=O) groups is 1. The molecule has 138 valence electrons. The van der Waals surface area contributed by atoms with E-state index >= 15 is 0 Å². The first kappa shape index (κ1) is 19.1. The minimum Gasteiger partial charge on any atom is -0.494 e. The average Bonchev–Trinajstić information content (AvgIpc) is 2.62. The number of carbonyl (C=O) groups excluding carboxylic acids is 1. The number of nitrogens with one attached hydrogen (secondary N) is 3. The van der Waals surface area contributed by atoms with E-state index in [9.17, 15) is 14.4 Å². The van der Waals surface area contributed by atoms with Crippen molar-refractivity contribution in [3.05, 3.63) is 56.4 Å². The van der Waals surface area contributed by atoms with Crippen LogP contribution in [0.4, 0.5) is 0 Å². The van der Waals surface area contributed by atoms with Crippen LogP contribution in [0.5, 0.6) is 5.75 Å². The first-order valence-electron chi connectivity index (χ1n) is 8.31.